The number of nitrogens with one attached hydrogen (secondary N) is 1. The summed E-state index contributed by atoms with van der Waals surface area (Å²) < 4.78 is 0. The predicted molar refractivity (Wildman–Crippen MR) is 80.8 cm³/mol. The van der Waals surface area contributed by atoms with Crippen LogP contribution in [-0.4, -0.2) is 29.0 Å². The van der Waals surface area contributed by atoms with Crippen molar-refractivity contribution < 1.29 is 5.11 Å². The van der Waals surface area contributed by atoms with Crippen LogP contribution in [-0.2, 0) is 12.8 Å². The minimum atomic E-state index is -0.148. The lowest BCUT2D eigenvalue weighted by atomic mass is 10.1. The summed E-state index contributed by atoms with van der Waals surface area (Å²) in [6, 6.07) is 7.51. The van der Waals surface area contributed by atoms with Crippen LogP contribution in [0.2, 0.25) is 0 Å². The molecule has 3 heteroatoms. The summed E-state index contributed by atoms with van der Waals surface area (Å²) in [5.41, 5.74) is 2.92. The van der Waals surface area contributed by atoms with Crippen LogP contribution in [0.15, 0.2) is 23.1 Å². The summed E-state index contributed by atoms with van der Waals surface area (Å²) in [4.78, 5) is 1.35. The zero-order valence-electron chi connectivity index (χ0n) is 11.6. The van der Waals surface area contributed by atoms with Gasteiger partial charge in [0.25, 0.3) is 0 Å². The number of hydrogen-bond donors (Lipinski definition) is 2. The van der Waals surface area contributed by atoms with Crippen LogP contribution in [0.4, 0.5) is 0 Å². The Morgan fingerprint density at radius 3 is 2.84 bits per heavy atom. The van der Waals surface area contributed by atoms with E-state index in [4.69, 9.17) is 0 Å². The van der Waals surface area contributed by atoms with Gasteiger partial charge in [0, 0.05) is 22.2 Å². The number of thioether (sulfide) groups is 1. The standard InChI is InChI=1S/C16H23NOS/c1-16(10-18,17-14-6-7-14)11-19-15-8-5-12-3-2-4-13(12)9-15/h5,8-9,14,17-18H,2-4,6-7,10-11H2,1H3. The third-order valence-electron chi connectivity index (χ3n) is 4.11. The number of fused-ring (bicyclic) bond motifs is 1. The Bertz CT molecular complexity index is 458. The van der Waals surface area contributed by atoms with Crippen LogP contribution in [0, 0.1) is 0 Å². The van der Waals surface area contributed by atoms with Crippen LogP contribution in [0.3, 0.4) is 0 Å². The molecule has 0 heterocycles. The number of aliphatic hydroxyl groups excluding tert-OH is 1. The van der Waals surface area contributed by atoms with Crippen molar-refractivity contribution in [3.63, 3.8) is 0 Å². The molecule has 0 amide bonds. The molecule has 1 aromatic rings. The molecule has 0 aliphatic heterocycles. The number of rotatable bonds is 6. The van der Waals surface area contributed by atoms with Crippen molar-refractivity contribution in [3.05, 3.63) is 29.3 Å². The van der Waals surface area contributed by atoms with Crippen molar-refractivity contribution in [1.29, 1.82) is 0 Å². The van der Waals surface area contributed by atoms with E-state index >= 15 is 0 Å². The van der Waals surface area contributed by atoms with Crippen LogP contribution >= 0.6 is 11.8 Å². The maximum atomic E-state index is 9.62. The zero-order valence-corrected chi connectivity index (χ0v) is 12.4. The van der Waals surface area contributed by atoms with Crippen LogP contribution < -0.4 is 5.32 Å². The molecule has 0 saturated heterocycles. The predicted octanol–water partition coefficient (Wildman–Crippen LogP) is 2.77. The topological polar surface area (TPSA) is 32.3 Å². The Morgan fingerprint density at radius 1 is 1.32 bits per heavy atom. The van der Waals surface area contributed by atoms with Gasteiger partial charge in [0.05, 0.1) is 6.61 Å². The van der Waals surface area contributed by atoms with Gasteiger partial charge >= 0.3 is 0 Å². The van der Waals surface area contributed by atoms with Crippen molar-refractivity contribution in [2.24, 2.45) is 0 Å². The fourth-order valence-electron chi connectivity index (χ4n) is 2.73. The van der Waals surface area contributed by atoms with E-state index in [2.05, 4.69) is 30.4 Å². The van der Waals surface area contributed by atoms with Gasteiger partial charge in [-0.05, 0) is 62.3 Å². The third-order valence-corrected chi connectivity index (χ3v) is 5.48. The Labute approximate surface area is 120 Å². The highest BCUT2D eigenvalue weighted by Gasteiger charge is 2.32. The summed E-state index contributed by atoms with van der Waals surface area (Å²) >= 11 is 1.87. The lowest BCUT2D eigenvalue weighted by Crippen LogP contribution is -2.49. The second-order valence-corrected chi connectivity index (χ2v) is 7.26. The highest BCUT2D eigenvalue weighted by atomic mass is 32.2. The van der Waals surface area contributed by atoms with Gasteiger partial charge in [-0.3, -0.25) is 0 Å². The molecule has 0 spiro atoms. The minimum Gasteiger partial charge on any atom is -0.394 e. The monoisotopic (exact) mass is 277 g/mol. The fraction of sp³-hybridized carbons (Fsp3) is 0.625. The average molecular weight is 277 g/mol. The van der Waals surface area contributed by atoms with Crippen molar-refractivity contribution >= 4 is 11.8 Å². The molecule has 1 aromatic carbocycles. The Morgan fingerprint density at radius 2 is 2.11 bits per heavy atom. The van der Waals surface area contributed by atoms with E-state index < -0.39 is 0 Å². The smallest absolute Gasteiger partial charge is 0.0618 e. The number of aryl methyl sites for hydroxylation is 2. The number of benzene rings is 1. The minimum absolute atomic E-state index is 0.148. The summed E-state index contributed by atoms with van der Waals surface area (Å²) in [6.07, 6.45) is 6.32. The van der Waals surface area contributed by atoms with Crippen molar-refractivity contribution in [3.8, 4) is 0 Å². The van der Waals surface area contributed by atoms with Gasteiger partial charge in [-0.1, -0.05) is 6.07 Å². The first kappa shape index (κ1) is 13.5. The molecule has 1 fully saturated rings. The highest BCUT2D eigenvalue weighted by Crippen LogP contribution is 2.30. The summed E-state index contributed by atoms with van der Waals surface area (Å²) in [5, 5.41) is 13.2. The molecule has 0 bridgehead atoms. The number of aliphatic hydroxyl groups is 1. The van der Waals surface area contributed by atoms with Gasteiger partial charge in [0.2, 0.25) is 0 Å². The third kappa shape index (κ3) is 3.33. The normalized spacial score (nSPS) is 21.2. The maximum absolute atomic E-state index is 9.62. The van der Waals surface area contributed by atoms with Crippen LogP contribution in [0.5, 0.6) is 0 Å². The fourth-order valence-corrected chi connectivity index (χ4v) is 3.78. The number of hydrogen-bond acceptors (Lipinski definition) is 3. The second-order valence-electron chi connectivity index (χ2n) is 6.21. The SMILES string of the molecule is CC(CO)(CSc1ccc2c(c1)CCC2)NC1CC1. The first-order valence-electron chi connectivity index (χ1n) is 7.32. The molecule has 2 N–H and O–H groups in total. The molecule has 3 rings (SSSR count). The van der Waals surface area contributed by atoms with Gasteiger partial charge in [-0.25, -0.2) is 0 Å². The largest absolute Gasteiger partial charge is 0.394 e. The molecular formula is C16H23NOS. The van der Waals surface area contributed by atoms with E-state index in [0.717, 1.165) is 5.75 Å². The van der Waals surface area contributed by atoms with Gasteiger partial charge in [-0.15, -0.1) is 11.8 Å². The summed E-state index contributed by atoms with van der Waals surface area (Å²) in [7, 11) is 0. The lowest BCUT2D eigenvalue weighted by Gasteiger charge is -2.28. The molecule has 2 aliphatic rings. The molecular weight excluding hydrogens is 254 g/mol. The van der Waals surface area contributed by atoms with Crippen molar-refractivity contribution in [2.75, 3.05) is 12.4 Å². The Kier molecular flexibility index (Phi) is 3.88. The van der Waals surface area contributed by atoms with E-state index in [0.29, 0.717) is 6.04 Å². The molecule has 2 aliphatic carbocycles. The molecule has 0 radical (unpaired) electrons. The second kappa shape index (κ2) is 5.47. The Balaban J connectivity index is 1.61. The van der Waals surface area contributed by atoms with Crippen LogP contribution in [0.1, 0.15) is 37.3 Å². The molecule has 1 saturated carbocycles. The Hall–Kier alpha value is -0.510. The van der Waals surface area contributed by atoms with Crippen molar-refractivity contribution in [1.82, 2.24) is 5.32 Å². The van der Waals surface area contributed by atoms with Gasteiger partial charge < -0.3 is 10.4 Å². The van der Waals surface area contributed by atoms with Gasteiger partial charge in [0.15, 0.2) is 0 Å². The van der Waals surface area contributed by atoms with E-state index in [-0.39, 0.29) is 12.1 Å². The first-order chi connectivity index (χ1) is 9.18. The molecule has 2 nitrogen and oxygen atoms in total. The lowest BCUT2D eigenvalue weighted by molar-refractivity contribution is 0.190. The molecule has 104 valence electrons. The highest BCUT2D eigenvalue weighted by molar-refractivity contribution is 7.99. The average Bonchev–Trinajstić information content (AvgIpc) is 3.10. The molecule has 19 heavy (non-hydrogen) atoms. The molecule has 1 unspecified atom stereocenters. The van der Waals surface area contributed by atoms with E-state index in [1.807, 2.05) is 11.8 Å². The van der Waals surface area contributed by atoms with E-state index in [1.54, 1.807) is 0 Å². The maximum Gasteiger partial charge on any atom is 0.0618 e. The van der Waals surface area contributed by atoms with E-state index in [1.165, 1.54) is 48.1 Å². The van der Waals surface area contributed by atoms with Crippen LogP contribution in [0.25, 0.3) is 0 Å². The summed E-state index contributed by atoms with van der Waals surface area (Å²) in [5.74, 6) is 0.929. The van der Waals surface area contributed by atoms with Gasteiger partial charge in [-0.2, -0.15) is 0 Å². The first-order valence-corrected chi connectivity index (χ1v) is 8.30. The molecule has 1 atom stereocenters. The quantitative estimate of drug-likeness (QED) is 0.784. The van der Waals surface area contributed by atoms with E-state index in [9.17, 15) is 5.11 Å². The zero-order chi connectivity index (χ0) is 13.3. The summed E-state index contributed by atoms with van der Waals surface area (Å²) in [6.45, 7) is 2.34. The molecule has 0 aromatic heterocycles. The van der Waals surface area contributed by atoms with Crippen molar-refractivity contribution in [2.45, 2.75) is 55.5 Å². The van der Waals surface area contributed by atoms with Gasteiger partial charge in [0.1, 0.15) is 0 Å².